The van der Waals surface area contributed by atoms with E-state index in [9.17, 15) is 19.0 Å². The molecule has 0 saturated heterocycles. The third-order valence-electron chi connectivity index (χ3n) is 6.98. The van der Waals surface area contributed by atoms with E-state index in [-0.39, 0.29) is 26.1 Å². The maximum absolute atomic E-state index is 12.5. The highest BCUT2D eigenvalue weighted by atomic mass is 31.2. The summed E-state index contributed by atoms with van der Waals surface area (Å²) in [5.41, 5.74) is 0. The molecule has 0 heterocycles. The minimum Gasteiger partial charge on any atom is -0.462 e. The first-order chi connectivity index (χ1) is 21.0. The monoisotopic (exact) mass is 646 g/mol. The number of unbranched alkanes of at least 4 members (excludes halogenated alkanes) is 12. The number of rotatable bonds is 30. The molecule has 0 amide bonds. The van der Waals surface area contributed by atoms with Gasteiger partial charge < -0.3 is 18.9 Å². The molecule has 0 aromatic heterocycles. The molecule has 1 N–H and O–H groups in total. The average molecular weight is 647 g/mol. The summed E-state index contributed by atoms with van der Waals surface area (Å²) in [4.78, 5) is 34.6. The molecule has 0 spiro atoms. The predicted molar refractivity (Wildman–Crippen MR) is 178 cm³/mol. The molecule has 0 aromatic carbocycles. The molecule has 0 aliphatic rings. The third kappa shape index (κ3) is 30.5. The van der Waals surface area contributed by atoms with Gasteiger partial charge in [-0.3, -0.25) is 18.6 Å². The fourth-order valence-electron chi connectivity index (χ4n) is 4.22. The Hall–Kier alpha value is -1.51. The molecule has 2 unspecified atom stereocenters. The highest BCUT2D eigenvalue weighted by Gasteiger charge is 2.27. The molecule has 0 bridgehead atoms. The molecular formula is C34H65NO8P+. The summed E-state index contributed by atoms with van der Waals surface area (Å²) in [6.07, 6.45) is 25.9. The number of ether oxygens (including phenoxy) is 2. The second kappa shape index (κ2) is 27.8. The van der Waals surface area contributed by atoms with Crippen LogP contribution in [0.5, 0.6) is 0 Å². The lowest BCUT2D eigenvalue weighted by Crippen LogP contribution is -2.37. The molecule has 258 valence electrons. The van der Waals surface area contributed by atoms with E-state index in [1.807, 2.05) is 28.1 Å². The molecule has 0 saturated carbocycles. The maximum Gasteiger partial charge on any atom is 0.472 e. The summed E-state index contributed by atoms with van der Waals surface area (Å²) in [5, 5.41) is 0. The molecule has 0 fully saturated rings. The van der Waals surface area contributed by atoms with Crippen LogP contribution in [0.15, 0.2) is 24.3 Å². The van der Waals surface area contributed by atoms with E-state index >= 15 is 0 Å². The molecular weight excluding hydrogens is 581 g/mol. The summed E-state index contributed by atoms with van der Waals surface area (Å²) in [7, 11) is 1.46. The zero-order valence-electron chi connectivity index (χ0n) is 28.6. The summed E-state index contributed by atoms with van der Waals surface area (Å²) in [6.45, 7) is 4.17. The van der Waals surface area contributed by atoms with Gasteiger partial charge in [-0.1, -0.05) is 95.9 Å². The molecule has 9 nitrogen and oxygen atoms in total. The molecule has 0 aromatic rings. The fraction of sp³-hybridized carbons (Fsp3) is 0.824. The van der Waals surface area contributed by atoms with Gasteiger partial charge in [0, 0.05) is 12.8 Å². The highest BCUT2D eigenvalue weighted by Crippen LogP contribution is 2.43. The number of phosphoric acid groups is 1. The highest BCUT2D eigenvalue weighted by molar-refractivity contribution is 7.47. The lowest BCUT2D eigenvalue weighted by molar-refractivity contribution is -0.870. The number of nitrogens with zero attached hydrogens (tertiary/aromatic N) is 1. The average Bonchev–Trinajstić information content (AvgIpc) is 2.95. The second-order valence-corrected chi connectivity index (χ2v) is 14.0. The normalized spacial score (nSPS) is 14.2. The van der Waals surface area contributed by atoms with Gasteiger partial charge in [0.15, 0.2) is 6.10 Å². The zero-order chi connectivity index (χ0) is 32.9. The molecule has 0 aliphatic heterocycles. The number of quaternary nitrogens is 1. The van der Waals surface area contributed by atoms with Crippen LogP contribution in [0, 0.1) is 0 Å². The Morgan fingerprint density at radius 3 is 1.84 bits per heavy atom. The molecule has 0 radical (unpaired) electrons. The number of hydrogen-bond donors (Lipinski definition) is 1. The Balaban J connectivity index is 4.27. The Kier molecular flexibility index (Phi) is 26.8. The van der Waals surface area contributed by atoms with Gasteiger partial charge in [0.2, 0.25) is 0 Å². The predicted octanol–water partition coefficient (Wildman–Crippen LogP) is 8.46. The van der Waals surface area contributed by atoms with Gasteiger partial charge in [-0.2, -0.15) is 0 Å². The second-order valence-electron chi connectivity index (χ2n) is 12.6. The number of carbonyl (C=O) groups excluding carboxylic acids is 2. The maximum atomic E-state index is 12.5. The van der Waals surface area contributed by atoms with E-state index in [0.717, 1.165) is 51.4 Å². The van der Waals surface area contributed by atoms with Gasteiger partial charge in [-0.15, -0.1) is 0 Å². The topological polar surface area (TPSA) is 108 Å². The molecule has 2 atom stereocenters. The number of likely N-dealkylation sites (N-methyl/N-ethyl adjacent to an activating group) is 1. The van der Waals surface area contributed by atoms with Crippen LogP contribution < -0.4 is 0 Å². The van der Waals surface area contributed by atoms with Crippen molar-refractivity contribution in [2.75, 3.05) is 47.5 Å². The summed E-state index contributed by atoms with van der Waals surface area (Å²) in [5.74, 6) is -0.839. The lowest BCUT2D eigenvalue weighted by Gasteiger charge is -2.24. The Morgan fingerprint density at radius 2 is 1.23 bits per heavy atom. The van der Waals surface area contributed by atoms with Crippen molar-refractivity contribution in [2.45, 2.75) is 136 Å². The number of carbonyl (C=O) groups is 2. The van der Waals surface area contributed by atoms with Crippen LogP contribution >= 0.6 is 7.82 Å². The minimum absolute atomic E-state index is 0.0301. The lowest BCUT2D eigenvalue weighted by atomic mass is 10.1. The largest absolute Gasteiger partial charge is 0.472 e. The third-order valence-corrected chi connectivity index (χ3v) is 7.97. The van der Waals surface area contributed by atoms with Crippen molar-refractivity contribution < 1.29 is 42.1 Å². The van der Waals surface area contributed by atoms with Gasteiger partial charge in [0.1, 0.15) is 19.8 Å². The van der Waals surface area contributed by atoms with Crippen LogP contribution in [0.2, 0.25) is 0 Å². The molecule has 0 aliphatic carbocycles. The van der Waals surface area contributed by atoms with Gasteiger partial charge in [-0.25, -0.2) is 4.57 Å². The van der Waals surface area contributed by atoms with Gasteiger partial charge in [0.05, 0.1) is 27.7 Å². The Morgan fingerprint density at radius 1 is 0.705 bits per heavy atom. The first kappa shape index (κ1) is 42.5. The number of allylic oxidation sites excluding steroid dienone is 4. The molecule has 0 rings (SSSR count). The van der Waals surface area contributed by atoms with Crippen molar-refractivity contribution in [3.8, 4) is 0 Å². The van der Waals surface area contributed by atoms with Crippen LogP contribution in [0.4, 0.5) is 0 Å². The Labute approximate surface area is 268 Å². The van der Waals surface area contributed by atoms with Crippen LogP contribution in [0.25, 0.3) is 0 Å². The van der Waals surface area contributed by atoms with Crippen molar-refractivity contribution in [3.63, 3.8) is 0 Å². The number of esters is 2. The zero-order valence-corrected chi connectivity index (χ0v) is 29.5. The van der Waals surface area contributed by atoms with Crippen molar-refractivity contribution in [2.24, 2.45) is 0 Å². The fourth-order valence-corrected chi connectivity index (χ4v) is 4.96. The van der Waals surface area contributed by atoms with Crippen LogP contribution in [0.3, 0.4) is 0 Å². The SMILES string of the molecule is CCCCC/C=C\C/C=C\CCCCCCCCCC(=O)OC(COC(=O)CCCCC)COP(=O)(O)OCC[N+](C)(C)C. The number of hydrogen-bond acceptors (Lipinski definition) is 7. The van der Waals surface area contributed by atoms with Crippen molar-refractivity contribution in [1.82, 2.24) is 0 Å². The van der Waals surface area contributed by atoms with E-state index in [2.05, 4.69) is 31.2 Å². The van der Waals surface area contributed by atoms with Crippen molar-refractivity contribution in [1.29, 1.82) is 0 Å². The minimum atomic E-state index is -4.35. The van der Waals surface area contributed by atoms with E-state index in [1.54, 1.807) is 0 Å². The van der Waals surface area contributed by atoms with E-state index in [4.69, 9.17) is 18.5 Å². The van der Waals surface area contributed by atoms with E-state index in [0.29, 0.717) is 17.4 Å². The smallest absolute Gasteiger partial charge is 0.462 e. The van der Waals surface area contributed by atoms with Gasteiger partial charge >= 0.3 is 19.8 Å². The quantitative estimate of drug-likeness (QED) is 0.0272. The summed E-state index contributed by atoms with van der Waals surface area (Å²) in [6, 6.07) is 0. The summed E-state index contributed by atoms with van der Waals surface area (Å²) >= 11 is 0. The van der Waals surface area contributed by atoms with Crippen LogP contribution in [-0.4, -0.2) is 74.9 Å². The van der Waals surface area contributed by atoms with E-state index in [1.165, 1.54) is 44.9 Å². The first-order valence-corrected chi connectivity index (χ1v) is 18.6. The first-order valence-electron chi connectivity index (χ1n) is 17.1. The summed E-state index contributed by atoms with van der Waals surface area (Å²) < 4.78 is 33.7. The Bertz CT molecular complexity index is 825. The standard InChI is InChI=1S/C34H64NO8P/c1-6-8-10-11-12-13-14-15-16-17-18-19-20-21-22-23-25-27-34(37)43-32(30-40-33(36)26-24-9-7-2)31-42-44(38,39)41-29-28-35(3,4)5/h12-13,15-16,32H,6-11,14,17-31H2,1-5H3/p+1/b13-12-,16-15-. The number of phosphoric ester groups is 1. The van der Waals surface area contributed by atoms with Gasteiger partial charge in [0.25, 0.3) is 0 Å². The van der Waals surface area contributed by atoms with Crippen LogP contribution in [0.1, 0.15) is 129 Å². The molecule has 10 heteroatoms. The van der Waals surface area contributed by atoms with Crippen molar-refractivity contribution in [3.05, 3.63) is 24.3 Å². The van der Waals surface area contributed by atoms with Crippen LogP contribution in [-0.2, 0) is 32.7 Å². The molecule has 44 heavy (non-hydrogen) atoms. The van der Waals surface area contributed by atoms with Gasteiger partial charge in [-0.05, 0) is 44.9 Å². The van der Waals surface area contributed by atoms with E-state index < -0.39 is 32.5 Å². The van der Waals surface area contributed by atoms with Crippen molar-refractivity contribution >= 4 is 19.8 Å².